The molecule has 2 N–H and O–H groups in total. The van der Waals surface area contributed by atoms with Crippen molar-refractivity contribution < 1.29 is 19.4 Å². The van der Waals surface area contributed by atoms with Crippen LogP contribution >= 0.6 is 0 Å². The van der Waals surface area contributed by atoms with Gasteiger partial charge in [-0.15, -0.1) is 0 Å². The fourth-order valence-corrected chi connectivity index (χ4v) is 4.76. The number of para-hydroxylation sites is 1. The molecule has 0 aliphatic carbocycles. The second-order valence-corrected chi connectivity index (χ2v) is 9.17. The Balaban J connectivity index is 1.69. The van der Waals surface area contributed by atoms with E-state index in [1.54, 1.807) is 6.20 Å². The standard InChI is InChI=1S/C30H28N2O4/c1-4-36-22-15-11-20(12-16-22)27-26(28(33)24-17-31-25-8-6-5-7-23(24)25)29(34)30(35)32(27)21-13-9-19(10-14-21)18(2)3/h5-18,27,31,33H,4H2,1-3H3/b28-26-. The number of anilines is 1. The molecule has 3 aromatic carbocycles. The number of ketones is 1. The molecule has 0 saturated carbocycles. The second kappa shape index (κ2) is 9.38. The van der Waals surface area contributed by atoms with Gasteiger partial charge in [0.05, 0.1) is 18.2 Å². The maximum absolute atomic E-state index is 13.4. The number of hydrogen-bond acceptors (Lipinski definition) is 4. The number of carbonyl (C=O) groups is 2. The smallest absolute Gasteiger partial charge is 0.300 e. The molecular formula is C30H28N2O4. The molecule has 6 nitrogen and oxygen atoms in total. The van der Waals surface area contributed by atoms with Crippen LogP contribution in [0.5, 0.6) is 5.75 Å². The van der Waals surface area contributed by atoms with Crippen molar-refractivity contribution in [2.45, 2.75) is 32.7 Å². The van der Waals surface area contributed by atoms with E-state index in [2.05, 4.69) is 18.8 Å². The zero-order chi connectivity index (χ0) is 25.4. The molecule has 1 unspecified atom stereocenters. The van der Waals surface area contributed by atoms with E-state index in [1.807, 2.05) is 79.7 Å². The minimum Gasteiger partial charge on any atom is -0.507 e. The normalized spacial score (nSPS) is 17.3. The molecule has 182 valence electrons. The van der Waals surface area contributed by atoms with Crippen LogP contribution < -0.4 is 9.64 Å². The zero-order valence-corrected chi connectivity index (χ0v) is 20.5. The molecule has 1 saturated heterocycles. The number of aliphatic hydroxyl groups is 1. The summed E-state index contributed by atoms with van der Waals surface area (Å²) in [5.74, 6) is -0.572. The molecule has 1 aliphatic heterocycles. The van der Waals surface area contributed by atoms with E-state index in [0.717, 1.165) is 16.5 Å². The Kier molecular flexibility index (Phi) is 6.10. The van der Waals surface area contributed by atoms with Crippen LogP contribution in [0.4, 0.5) is 5.69 Å². The Labute approximate surface area is 209 Å². The molecule has 0 spiro atoms. The summed E-state index contributed by atoms with van der Waals surface area (Å²) < 4.78 is 5.58. The average molecular weight is 481 g/mol. The summed E-state index contributed by atoms with van der Waals surface area (Å²) in [4.78, 5) is 31.5. The van der Waals surface area contributed by atoms with Crippen LogP contribution in [0.3, 0.4) is 0 Å². The van der Waals surface area contributed by atoms with Crippen molar-refractivity contribution in [2.75, 3.05) is 11.5 Å². The third-order valence-corrected chi connectivity index (χ3v) is 6.63. The highest BCUT2D eigenvalue weighted by atomic mass is 16.5. The highest BCUT2D eigenvalue weighted by molar-refractivity contribution is 6.51. The number of carbonyl (C=O) groups excluding carboxylic acids is 2. The van der Waals surface area contributed by atoms with E-state index < -0.39 is 17.7 Å². The van der Waals surface area contributed by atoms with Gasteiger partial charge in [0.25, 0.3) is 11.7 Å². The van der Waals surface area contributed by atoms with Crippen LogP contribution in [0.15, 0.2) is 84.6 Å². The molecule has 1 aliphatic rings. The van der Waals surface area contributed by atoms with E-state index in [9.17, 15) is 14.7 Å². The first-order chi connectivity index (χ1) is 17.4. The number of nitrogens with zero attached hydrogens (tertiary/aromatic N) is 1. The van der Waals surface area contributed by atoms with Gasteiger partial charge in [-0.3, -0.25) is 14.5 Å². The molecule has 1 fully saturated rings. The number of amides is 1. The Bertz CT molecular complexity index is 1460. The van der Waals surface area contributed by atoms with Gasteiger partial charge in [-0.25, -0.2) is 0 Å². The quantitative estimate of drug-likeness (QED) is 0.192. The number of fused-ring (bicyclic) bond motifs is 1. The largest absolute Gasteiger partial charge is 0.507 e. The molecule has 1 aromatic heterocycles. The Morgan fingerprint density at radius 3 is 2.36 bits per heavy atom. The van der Waals surface area contributed by atoms with Gasteiger partial charge in [0, 0.05) is 28.4 Å². The number of nitrogens with one attached hydrogen (secondary N) is 1. The molecular weight excluding hydrogens is 452 g/mol. The van der Waals surface area contributed by atoms with Crippen molar-refractivity contribution in [3.63, 3.8) is 0 Å². The van der Waals surface area contributed by atoms with Crippen molar-refractivity contribution >= 4 is 34.0 Å². The first-order valence-electron chi connectivity index (χ1n) is 12.1. The molecule has 4 aromatic rings. The monoisotopic (exact) mass is 480 g/mol. The second-order valence-electron chi connectivity index (χ2n) is 9.17. The summed E-state index contributed by atoms with van der Waals surface area (Å²) in [6, 6.07) is 21.7. The SMILES string of the molecule is CCOc1ccc(C2/C(=C(/O)c3c[nH]c4ccccc34)C(=O)C(=O)N2c2ccc(C(C)C)cc2)cc1. The van der Waals surface area contributed by atoms with Crippen molar-refractivity contribution in [1.82, 2.24) is 4.98 Å². The fourth-order valence-electron chi connectivity index (χ4n) is 4.76. The van der Waals surface area contributed by atoms with Gasteiger partial charge in [0.1, 0.15) is 11.5 Å². The summed E-state index contributed by atoms with van der Waals surface area (Å²) in [6.07, 6.45) is 1.67. The lowest BCUT2D eigenvalue weighted by molar-refractivity contribution is -0.132. The van der Waals surface area contributed by atoms with Crippen LogP contribution in [0.1, 0.15) is 49.4 Å². The third kappa shape index (κ3) is 3.94. The number of benzene rings is 3. The van der Waals surface area contributed by atoms with Crippen LogP contribution in [-0.2, 0) is 9.59 Å². The number of aliphatic hydroxyl groups excluding tert-OH is 1. The van der Waals surface area contributed by atoms with E-state index in [0.29, 0.717) is 35.1 Å². The van der Waals surface area contributed by atoms with Crippen LogP contribution in [0, 0.1) is 0 Å². The first-order valence-corrected chi connectivity index (χ1v) is 12.1. The number of rotatable bonds is 6. The van der Waals surface area contributed by atoms with E-state index in [1.165, 1.54) is 4.90 Å². The Morgan fingerprint density at radius 2 is 1.69 bits per heavy atom. The van der Waals surface area contributed by atoms with Crippen molar-refractivity contribution in [2.24, 2.45) is 0 Å². The highest BCUT2D eigenvalue weighted by Crippen LogP contribution is 2.43. The lowest BCUT2D eigenvalue weighted by atomic mass is 9.94. The van der Waals surface area contributed by atoms with Crippen LogP contribution in [0.2, 0.25) is 0 Å². The summed E-state index contributed by atoms with van der Waals surface area (Å²) in [6.45, 7) is 6.64. The summed E-state index contributed by atoms with van der Waals surface area (Å²) in [5.41, 5.74) is 3.80. The van der Waals surface area contributed by atoms with Crippen molar-refractivity contribution in [1.29, 1.82) is 0 Å². The molecule has 0 bridgehead atoms. The number of ether oxygens (including phenoxy) is 1. The van der Waals surface area contributed by atoms with Crippen LogP contribution in [0.25, 0.3) is 16.7 Å². The van der Waals surface area contributed by atoms with Gasteiger partial charge in [0.2, 0.25) is 0 Å². The predicted molar refractivity (Wildman–Crippen MR) is 141 cm³/mol. The first kappa shape index (κ1) is 23.4. The van der Waals surface area contributed by atoms with Gasteiger partial charge < -0.3 is 14.8 Å². The lowest BCUT2D eigenvalue weighted by Gasteiger charge is -2.26. The minimum atomic E-state index is -0.792. The molecule has 36 heavy (non-hydrogen) atoms. The van der Waals surface area contributed by atoms with Crippen molar-refractivity contribution in [3.05, 3.63) is 101 Å². The summed E-state index contributed by atoms with van der Waals surface area (Å²) in [5, 5.41) is 12.3. The lowest BCUT2D eigenvalue weighted by Crippen LogP contribution is -2.29. The third-order valence-electron chi connectivity index (χ3n) is 6.63. The van der Waals surface area contributed by atoms with E-state index in [-0.39, 0.29) is 11.3 Å². The predicted octanol–water partition coefficient (Wildman–Crippen LogP) is 6.32. The number of hydrogen-bond donors (Lipinski definition) is 2. The van der Waals surface area contributed by atoms with Crippen LogP contribution in [-0.4, -0.2) is 28.4 Å². The maximum atomic E-state index is 13.4. The fraction of sp³-hybridized carbons (Fsp3) is 0.200. The highest BCUT2D eigenvalue weighted by Gasteiger charge is 2.47. The number of aromatic amines is 1. The molecule has 6 heteroatoms. The number of Topliss-reactive ketones (excluding diaryl/α,β-unsaturated/α-hetero) is 1. The molecule has 1 amide bonds. The van der Waals surface area contributed by atoms with Gasteiger partial charge in [0.15, 0.2) is 0 Å². The minimum absolute atomic E-state index is 0.0573. The van der Waals surface area contributed by atoms with Crippen molar-refractivity contribution in [3.8, 4) is 5.75 Å². The molecule has 2 heterocycles. The summed E-state index contributed by atoms with van der Waals surface area (Å²) >= 11 is 0. The van der Waals surface area contributed by atoms with E-state index in [4.69, 9.17) is 4.74 Å². The molecule has 1 atom stereocenters. The number of H-pyrrole nitrogens is 1. The molecule has 5 rings (SSSR count). The molecule has 0 radical (unpaired) electrons. The Morgan fingerprint density at radius 1 is 1.00 bits per heavy atom. The van der Waals surface area contributed by atoms with Gasteiger partial charge in [-0.05, 0) is 54.3 Å². The topological polar surface area (TPSA) is 82.6 Å². The Hall–Kier alpha value is -4.32. The van der Waals surface area contributed by atoms with Gasteiger partial charge in [-0.2, -0.15) is 0 Å². The van der Waals surface area contributed by atoms with Gasteiger partial charge >= 0.3 is 0 Å². The zero-order valence-electron chi connectivity index (χ0n) is 20.5. The van der Waals surface area contributed by atoms with E-state index >= 15 is 0 Å². The summed E-state index contributed by atoms with van der Waals surface area (Å²) in [7, 11) is 0. The average Bonchev–Trinajstić information content (AvgIpc) is 3.43. The van der Waals surface area contributed by atoms with Gasteiger partial charge in [-0.1, -0.05) is 56.3 Å². The number of aromatic nitrogens is 1. The maximum Gasteiger partial charge on any atom is 0.300 e.